The highest BCUT2D eigenvalue weighted by Crippen LogP contribution is 2.26. The van der Waals surface area contributed by atoms with E-state index < -0.39 is 30.4 Å². The maximum atomic E-state index is 12.8. The molecule has 0 radical (unpaired) electrons. The van der Waals surface area contributed by atoms with Crippen molar-refractivity contribution >= 4 is 0 Å². The van der Waals surface area contributed by atoms with E-state index in [1.54, 1.807) is 6.92 Å². The number of likely N-dealkylation sites (N-methyl/N-ethyl adjacent to an activating group) is 1. The summed E-state index contributed by atoms with van der Waals surface area (Å²) in [6, 6.07) is -0.318. The van der Waals surface area contributed by atoms with Gasteiger partial charge in [-0.15, -0.1) is 0 Å². The Morgan fingerprint density at radius 1 is 1.26 bits per heavy atom. The third-order valence-corrected chi connectivity index (χ3v) is 2.95. The largest absolute Gasteiger partial charge is 0.432 e. The highest BCUT2D eigenvalue weighted by Gasteiger charge is 2.39. The third-order valence-electron chi connectivity index (χ3n) is 2.95. The minimum atomic E-state index is -4.49. The van der Waals surface area contributed by atoms with Crippen LogP contribution in [0, 0.1) is 0 Å². The molecule has 1 aliphatic rings. The zero-order chi connectivity index (χ0) is 14.8. The van der Waals surface area contributed by atoms with E-state index in [-0.39, 0.29) is 12.6 Å². The fourth-order valence-electron chi connectivity index (χ4n) is 1.80. The Kier molecular flexibility index (Phi) is 4.65. The van der Waals surface area contributed by atoms with Gasteiger partial charge in [-0.25, -0.2) is 8.78 Å². The van der Waals surface area contributed by atoms with Crippen LogP contribution < -0.4 is 10.6 Å². The summed E-state index contributed by atoms with van der Waals surface area (Å²) in [5, 5.41) is 4.93. The molecule has 3 nitrogen and oxygen atoms in total. The Labute approximate surface area is 108 Å². The summed E-state index contributed by atoms with van der Waals surface area (Å²) < 4.78 is 63.2. The van der Waals surface area contributed by atoms with Crippen molar-refractivity contribution in [3.8, 4) is 0 Å². The molecule has 19 heavy (non-hydrogen) atoms. The lowest BCUT2D eigenvalue weighted by molar-refractivity contribution is -0.103. The molecule has 1 unspecified atom stereocenters. The maximum absolute atomic E-state index is 12.8. The van der Waals surface area contributed by atoms with Gasteiger partial charge in [0.15, 0.2) is 0 Å². The average Bonchev–Trinajstić information content (AvgIpc) is 2.24. The van der Waals surface area contributed by atoms with Crippen LogP contribution in [0.25, 0.3) is 0 Å². The van der Waals surface area contributed by atoms with Crippen molar-refractivity contribution in [2.45, 2.75) is 44.6 Å². The van der Waals surface area contributed by atoms with E-state index in [1.807, 2.05) is 0 Å². The lowest BCUT2D eigenvalue weighted by Crippen LogP contribution is -2.59. The molecule has 0 fully saturated rings. The van der Waals surface area contributed by atoms with Crippen LogP contribution in [0.4, 0.5) is 22.0 Å². The van der Waals surface area contributed by atoms with E-state index in [4.69, 9.17) is 0 Å². The first-order valence-electron chi connectivity index (χ1n) is 5.89. The Balaban J connectivity index is 2.65. The number of hydrogen-bond acceptors (Lipinski definition) is 3. The Morgan fingerprint density at radius 3 is 2.32 bits per heavy atom. The van der Waals surface area contributed by atoms with Crippen LogP contribution in [-0.2, 0) is 0 Å². The van der Waals surface area contributed by atoms with E-state index in [0.29, 0.717) is 0 Å². The van der Waals surface area contributed by atoms with Gasteiger partial charge in [-0.2, -0.15) is 13.2 Å². The zero-order valence-corrected chi connectivity index (χ0v) is 11.0. The van der Waals surface area contributed by atoms with Gasteiger partial charge in [0.05, 0.1) is 12.2 Å². The molecule has 0 aliphatic carbocycles. The predicted molar refractivity (Wildman–Crippen MR) is 61.5 cm³/mol. The topological polar surface area (TPSA) is 27.3 Å². The number of halogens is 5. The van der Waals surface area contributed by atoms with Gasteiger partial charge in [0.2, 0.25) is 5.92 Å². The maximum Gasteiger partial charge on any atom is 0.432 e. The molecule has 1 heterocycles. The molecular formula is C11H18F5N3. The summed E-state index contributed by atoms with van der Waals surface area (Å²) in [6.45, 7) is 2.47. The van der Waals surface area contributed by atoms with Crippen molar-refractivity contribution in [2.75, 3.05) is 13.6 Å². The van der Waals surface area contributed by atoms with Crippen LogP contribution in [-0.4, -0.2) is 42.8 Å². The number of alkyl halides is 5. The van der Waals surface area contributed by atoms with Crippen molar-refractivity contribution in [1.82, 2.24) is 15.5 Å². The molecule has 112 valence electrons. The van der Waals surface area contributed by atoms with Crippen LogP contribution in [0.2, 0.25) is 0 Å². The fourth-order valence-corrected chi connectivity index (χ4v) is 1.80. The molecule has 0 amide bonds. The number of rotatable bonds is 4. The molecule has 0 aromatic carbocycles. The molecule has 1 rings (SSSR count). The van der Waals surface area contributed by atoms with Crippen molar-refractivity contribution in [3.05, 3.63) is 11.9 Å². The third kappa shape index (κ3) is 4.85. The van der Waals surface area contributed by atoms with Crippen molar-refractivity contribution < 1.29 is 22.0 Å². The van der Waals surface area contributed by atoms with Gasteiger partial charge in [0, 0.05) is 19.2 Å². The van der Waals surface area contributed by atoms with Crippen LogP contribution >= 0.6 is 0 Å². The Hall–Kier alpha value is -1.05. The molecule has 1 aliphatic heterocycles. The smallest absolute Gasteiger partial charge is 0.383 e. The molecule has 0 saturated heterocycles. The van der Waals surface area contributed by atoms with Gasteiger partial charge in [-0.1, -0.05) is 0 Å². The first-order valence-corrected chi connectivity index (χ1v) is 5.89. The second-order valence-electron chi connectivity index (χ2n) is 4.90. The highest BCUT2D eigenvalue weighted by molar-refractivity contribution is 5.12. The monoisotopic (exact) mass is 287 g/mol. The van der Waals surface area contributed by atoms with Gasteiger partial charge in [-0.3, -0.25) is 4.90 Å². The number of hydrogen-bond donors (Lipinski definition) is 2. The molecule has 8 heteroatoms. The summed E-state index contributed by atoms with van der Waals surface area (Å²) in [5.74, 6) is -2.83. The standard InChI is InChI=1S/C11H18F5N3/c1-7-9(19(3)5-4-10(2,12)13)18-8(6-17-7)11(14,15)16/h6-7,9,17-18H,4-5H2,1-3H3/t7-,9?/m1/s1. The second kappa shape index (κ2) is 5.52. The van der Waals surface area contributed by atoms with Gasteiger partial charge >= 0.3 is 6.18 Å². The number of nitrogens with one attached hydrogen (secondary N) is 2. The summed E-state index contributed by atoms with van der Waals surface area (Å²) in [6.07, 6.45) is -4.71. The Bertz CT molecular complexity index is 334. The molecular weight excluding hydrogens is 269 g/mol. The average molecular weight is 287 g/mol. The first kappa shape index (κ1) is 16.0. The molecule has 0 saturated carbocycles. The van der Waals surface area contributed by atoms with E-state index in [0.717, 1.165) is 13.1 Å². The molecule has 0 bridgehead atoms. The second-order valence-corrected chi connectivity index (χ2v) is 4.90. The van der Waals surface area contributed by atoms with Crippen LogP contribution in [0.1, 0.15) is 20.3 Å². The highest BCUT2D eigenvalue weighted by atomic mass is 19.4. The minimum Gasteiger partial charge on any atom is -0.383 e. The van der Waals surface area contributed by atoms with E-state index in [9.17, 15) is 22.0 Å². The summed E-state index contributed by atoms with van der Waals surface area (Å²) in [5.41, 5.74) is -0.897. The van der Waals surface area contributed by atoms with E-state index in [1.165, 1.54) is 11.9 Å². The van der Waals surface area contributed by atoms with Crippen LogP contribution in [0.5, 0.6) is 0 Å². The SMILES string of the molecule is C[C@H]1NC=C(C(F)(F)F)NC1N(C)CCC(C)(F)F. The fraction of sp³-hybridized carbons (Fsp3) is 0.818. The van der Waals surface area contributed by atoms with Crippen molar-refractivity contribution in [3.63, 3.8) is 0 Å². The number of nitrogens with zero attached hydrogens (tertiary/aromatic N) is 1. The Morgan fingerprint density at radius 2 is 1.84 bits per heavy atom. The van der Waals surface area contributed by atoms with Gasteiger partial charge in [0.1, 0.15) is 5.70 Å². The first-order chi connectivity index (χ1) is 8.50. The molecule has 0 aromatic rings. The molecule has 0 aromatic heterocycles. The lowest BCUT2D eigenvalue weighted by atomic mass is 10.1. The predicted octanol–water partition coefficient (Wildman–Crippen LogP) is 2.27. The molecule has 0 spiro atoms. The normalized spacial score (nSPS) is 24.8. The summed E-state index contributed by atoms with van der Waals surface area (Å²) in [7, 11) is 1.51. The molecule has 2 N–H and O–H groups in total. The van der Waals surface area contributed by atoms with Gasteiger partial charge in [0.25, 0.3) is 0 Å². The minimum absolute atomic E-state index is 0.00166. The summed E-state index contributed by atoms with van der Waals surface area (Å²) in [4.78, 5) is 1.45. The summed E-state index contributed by atoms with van der Waals surface area (Å²) >= 11 is 0. The van der Waals surface area contributed by atoms with Crippen LogP contribution in [0.3, 0.4) is 0 Å². The number of allylic oxidation sites excluding steroid dienone is 1. The lowest BCUT2D eigenvalue weighted by Gasteiger charge is -2.38. The van der Waals surface area contributed by atoms with Crippen molar-refractivity contribution in [1.29, 1.82) is 0 Å². The van der Waals surface area contributed by atoms with Crippen molar-refractivity contribution in [2.24, 2.45) is 0 Å². The molecule has 2 atom stereocenters. The van der Waals surface area contributed by atoms with Gasteiger partial charge < -0.3 is 10.6 Å². The van der Waals surface area contributed by atoms with E-state index in [2.05, 4.69) is 10.6 Å². The van der Waals surface area contributed by atoms with Crippen LogP contribution in [0.15, 0.2) is 11.9 Å². The van der Waals surface area contributed by atoms with Gasteiger partial charge in [-0.05, 0) is 20.9 Å². The van der Waals surface area contributed by atoms with E-state index >= 15 is 0 Å². The zero-order valence-electron chi connectivity index (χ0n) is 11.0. The quantitative estimate of drug-likeness (QED) is 0.777.